The van der Waals surface area contributed by atoms with E-state index >= 15 is 0 Å². The van der Waals surface area contributed by atoms with Gasteiger partial charge in [-0.05, 0) is 31.9 Å². The monoisotopic (exact) mass is 383 g/mol. The van der Waals surface area contributed by atoms with Crippen LogP contribution >= 0.6 is 12.4 Å². The molecule has 1 fully saturated rings. The Labute approximate surface area is 157 Å². The van der Waals surface area contributed by atoms with Crippen molar-refractivity contribution in [3.8, 4) is 0 Å². The van der Waals surface area contributed by atoms with Crippen molar-refractivity contribution in [3.63, 3.8) is 0 Å². The predicted molar refractivity (Wildman–Crippen MR) is 97.4 cm³/mol. The zero-order valence-corrected chi connectivity index (χ0v) is 15.8. The van der Waals surface area contributed by atoms with E-state index in [9.17, 15) is 14.4 Å². The van der Waals surface area contributed by atoms with Crippen LogP contribution in [0.1, 0.15) is 31.9 Å². The van der Waals surface area contributed by atoms with E-state index < -0.39 is 29.5 Å². The molecule has 3 amide bonds. The number of aliphatic carboxylic acids is 1. The minimum atomic E-state index is -1.27. The first-order chi connectivity index (χ1) is 11.7. The molecular formula is C17H22ClN3O5. The van der Waals surface area contributed by atoms with Crippen LogP contribution in [0.2, 0.25) is 0 Å². The van der Waals surface area contributed by atoms with Crippen molar-refractivity contribution in [2.24, 2.45) is 5.16 Å². The molecule has 0 unspecified atom stereocenters. The van der Waals surface area contributed by atoms with Gasteiger partial charge in [-0.1, -0.05) is 29.4 Å². The van der Waals surface area contributed by atoms with Gasteiger partial charge in [0.15, 0.2) is 0 Å². The molecule has 142 valence electrons. The summed E-state index contributed by atoms with van der Waals surface area (Å²) in [6.07, 6.45) is 1.54. The van der Waals surface area contributed by atoms with Gasteiger partial charge in [0, 0.05) is 7.05 Å². The molecule has 0 aromatic heterocycles. The zero-order valence-electron chi connectivity index (χ0n) is 15.0. The molecule has 1 aromatic carbocycles. The fourth-order valence-corrected chi connectivity index (χ4v) is 2.65. The molecule has 1 saturated heterocycles. The highest BCUT2D eigenvalue weighted by atomic mass is 35.5. The number of hydrogen-bond acceptors (Lipinski definition) is 5. The van der Waals surface area contributed by atoms with Gasteiger partial charge in [0.1, 0.15) is 18.2 Å². The second kappa shape index (κ2) is 8.18. The molecule has 1 aliphatic heterocycles. The first kappa shape index (κ1) is 21.4. The van der Waals surface area contributed by atoms with E-state index in [1.165, 1.54) is 18.9 Å². The predicted octanol–water partition coefficient (Wildman–Crippen LogP) is 2.06. The van der Waals surface area contributed by atoms with Crippen molar-refractivity contribution < 1.29 is 24.3 Å². The van der Waals surface area contributed by atoms with Gasteiger partial charge in [-0.2, -0.15) is 0 Å². The maximum absolute atomic E-state index is 12.8. The number of urea groups is 1. The topological polar surface area (TPSA) is 99.5 Å². The highest BCUT2D eigenvalue weighted by molar-refractivity contribution is 6.09. The smallest absolute Gasteiger partial charge is 0.328 e. The number of imide groups is 1. The van der Waals surface area contributed by atoms with Crippen molar-refractivity contribution in [3.05, 3.63) is 35.4 Å². The molecule has 0 aliphatic carbocycles. The van der Waals surface area contributed by atoms with Crippen LogP contribution < -0.4 is 0 Å². The molecule has 1 aliphatic rings. The summed E-state index contributed by atoms with van der Waals surface area (Å²) in [4.78, 5) is 43.4. The Hall–Kier alpha value is -2.61. The van der Waals surface area contributed by atoms with Crippen molar-refractivity contribution >= 4 is 36.5 Å². The summed E-state index contributed by atoms with van der Waals surface area (Å²) >= 11 is 0. The third kappa shape index (κ3) is 3.50. The van der Waals surface area contributed by atoms with E-state index in [-0.39, 0.29) is 12.4 Å². The Morgan fingerprint density at radius 3 is 2.42 bits per heavy atom. The van der Waals surface area contributed by atoms with Crippen molar-refractivity contribution in [2.75, 3.05) is 13.7 Å². The minimum absolute atomic E-state index is 0. The summed E-state index contributed by atoms with van der Waals surface area (Å²) in [5.74, 6) is -1.80. The van der Waals surface area contributed by atoms with Crippen molar-refractivity contribution in [1.82, 2.24) is 9.80 Å². The van der Waals surface area contributed by atoms with E-state index in [2.05, 4.69) is 5.16 Å². The van der Waals surface area contributed by atoms with Gasteiger partial charge in [0.05, 0.1) is 6.21 Å². The molecule has 8 nitrogen and oxygen atoms in total. The van der Waals surface area contributed by atoms with Gasteiger partial charge in [0.25, 0.3) is 5.91 Å². The number of carbonyl (C=O) groups excluding carboxylic acids is 2. The van der Waals surface area contributed by atoms with E-state index in [1.54, 1.807) is 37.4 Å². The molecule has 0 radical (unpaired) electrons. The van der Waals surface area contributed by atoms with Crippen LogP contribution in [0.15, 0.2) is 29.4 Å². The molecule has 1 heterocycles. The molecule has 0 bridgehead atoms. The third-order valence-corrected chi connectivity index (χ3v) is 4.42. The number of benzene rings is 1. The number of carboxylic acid groups (broad SMARTS) is 1. The lowest BCUT2D eigenvalue weighted by molar-refractivity contribution is -0.147. The molecule has 1 aromatic rings. The van der Waals surface area contributed by atoms with Crippen LogP contribution in [0, 0.1) is 0 Å². The fourth-order valence-electron chi connectivity index (χ4n) is 2.65. The van der Waals surface area contributed by atoms with E-state index in [0.29, 0.717) is 12.2 Å². The number of hydrogen-bond donors (Lipinski definition) is 1. The number of carbonyl (C=O) groups is 3. The van der Waals surface area contributed by atoms with Crippen LogP contribution in [-0.4, -0.2) is 58.7 Å². The van der Waals surface area contributed by atoms with Gasteiger partial charge >= 0.3 is 12.0 Å². The quantitative estimate of drug-likeness (QED) is 0.460. The lowest BCUT2D eigenvalue weighted by Gasteiger charge is -2.29. The van der Waals surface area contributed by atoms with Gasteiger partial charge in [0.2, 0.25) is 0 Å². The Morgan fingerprint density at radius 1 is 1.35 bits per heavy atom. The van der Waals surface area contributed by atoms with E-state index in [1.807, 2.05) is 6.92 Å². The minimum Gasteiger partial charge on any atom is -0.480 e. The van der Waals surface area contributed by atoms with Gasteiger partial charge in [-0.3, -0.25) is 4.79 Å². The van der Waals surface area contributed by atoms with Crippen LogP contribution in [0.3, 0.4) is 0 Å². The number of nitrogens with zero attached hydrogens (tertiary/aromatic N) is 3. The van der Waals surface area contributed by atoms with Gasteiger partial charge in [-0.15, -0.1) is 12.4 Å². The Morgan fingerprint density at radius 2 is 1.92 bits per heavy atom. The lowest BCUT2D eigenvalue weighted by Crippen LogP contribution is -2.45. The maximum Gasteiger partial charge on any atom is 0.328 e. The Bertz CT molecular complexity index is 722. The van der Waals surface area contributed by atoms with Crippen LogP contribution in [0.5, 0.6) is 0 Å². The fraction of sp³-hybridized carbons (Fsp3) is 0.412. The van der Waals surface area contributed by atoms with E-state index in [4.69, 9.17) is 9.94 Å². The number of rotatable bonds is 6. The second-order valence-electron chi connectivity index (χ2n) is 5.88. The normalized spacial score (nSPS) is 21.1. The Balaban J connectivity index is 0.00000338. The number of carboxylic acids is 1. The molecule has 26 heavy (non-hydrogen) atoms. The molecule has 1 N–H and O–H groups in total. The SMILES string of the molecule is CCON=Cc1ccc([C@]2(C)C(=O)N([C@@H](C)C(=O)O)C(=O)N2C)cc1.Cl. The second-order valence-corrected chi connectivity index (χ2v) is 5.88. The molecule has 2 atom stereocenters. The molecule has 2 rings (SSSR count). The standard InChI is InChI=1S/C17H21N3O5.ClH/c1-5-25-18-10-12-6-8-13(9-7-12)17(3)15(23)20(11(2)14(21)22)16(24)19(17)4;/h6-11H,5H2,1-4H3,(H,21,22);1H/t11-,17+;/m0./s1. The average molecular weight is 384 g/mol. The first-order valence-electron chi connectivity index (χ1n) is 7.85. The van der Waals surface area contributed by atoms with Crippen molar-refractivity contribution in [1.29, 1.82) is 0 Å². The number of amides is 3. The largest absolute Gasteiger partial charge is 0.480 e. The highest BCUT2D eigenvalue weighted by Gasteiger charge is 2.55. The summed E-state index contributed by atoms with van der Waals surface area (Å²) in [5.41, 5.74) is 0.0918. The van der Waals surface area contributed by atoms with Gasteiger partial charge < -0.3 is 14.8 Å². The van der Waals surface area contributed by atoms with E-state index in [0.717, 1.165) is 10.5 Å². The summed E-state index contributed by atoms with van der Waals surface area (Å²) in [6, 6.07) is 5.05. The number of oxime groups is 1. The Kier molecular flexibility index (Phi) is 6.74. The summed E-state index contributed by atoms with van der Waals surface area (Å²) in [6.45, 7) is 5.20. The summed E-state index contributed by atoms with van der Waals surface area (Å²) in [5, 5.41) is 12.9. The molecule has 9 heteroatoms. The zero-order chi connectivity index (χ0) is 18.8. The van der Waals surface area contributed by atoms with Crippen LogP contribution in [0.4, 0.5) is 4.79 Å². The highest BCUT2D eigenvalue weighted by Crippen LogP contribution is 2.37. The molecule has 0 saturated carbocycles. The van der Waals surface area contributed by atoms with Crippen molar-refractivity contribution in [2.45, 2.75) is 32.4 Å². The van der Waals surface area contributed by atoms with Crippen LogP contribution in [0.25, 0.3) is 0 Å². The number of halogens is 1. The molecule has 0 spiro atoms. The first-order valence-corrected chi connectivity index (χ1v) is 7.85. The average Bonchev–Trinajstić information content (AvgIpc) is 2.76. The molecular weight excluding hydrogens is 362 g/mol. The summed E-state index contributed by atoms with van der Waals surface area (Å²) in [7, 11) is 1.49. The third-order valence-electron chi connectivity index (χ3n) is 4.42. The summed E-state index contributed by atoms with van der Waals surface area (Å²) < 4.78 is 0. The maximum atomic E-state index is 12.8. The number of likely N-dealkylation sites (N-methyl/N-ethyl adjacent to an activating group) is 1. The van der Waals surface area contributed by atoms with Gasteiger partial charge in [-0.25, -0.2) is 14.5 Å². The lowest BCUT2D eigenvalue weighted by atomic mass is 9.90. The van der Waals surface area contributed by atoms with Crippen LogP contribution in [-0.2, 0) is 20.0 Å².